The van der Waals surface area contributed by atoms with Crippen molar-refractivity contribution in [1.29, 1.82) is 0 Å². The first kappa shape index (κ1) is 14.0. The Kier molecular flexibility index (Phi) is 4.24. The van der Waals surface area contributed by atoms with Crippen molar-refractivity contribution < 1.29 is 0 Å². The van der Waals surface area contributed by atoms with Gasteiger partial charge in [-0.15, -0.1) is 0 Å². The second-order valence-electron chi connectivity index (χ2n) is 7.26. The largest absolute Gasteiger partial charge is 0.0654 e. The van der Waals surface area contributed by atoms with Gasteiger partial charge in [0.1, 0.15) is 0 Å². The molecular weight excluding hydrogens is 168 g/mol. The maximum Gasteiger partial charge on any atom is -0.0298 e. The minimum Gasteiger partial charge on any atom is -0.0654 e. The summed E-state index contributed by atoms with van der Waals surface area (Å²) in [5.41, 5.74) is 1.32. The zero-order chi connectivity index (χ0) is 11.6. The summed E-state index contributed by atoms with van der Waals surface area (Å²) in [5, 5.41) is 0. The van der Waals surface area contributed by atoms with Gasteiger partial charge in [-0.3, -0.25) is 0 Å². The van der Waals surface area contributed by atoms with Crippen LogP contribution < -0.4 is 0 Å². The molecule has 0 bridgehead atoms. The van der Waals surface area contributed by atoms with Crippen LogP contribution in [0.25, 0.3) is 0 Å². The molecule has 0 aromatic rings. The van der Waals surface area contributed by atoms with E-state index in [9.17, 15) is 0 Å². The SMILES string of the molecule is CCCC(C)(C)C(C)(C)CC(C)(C)C. The summed E-state index contributed by atoms with van der Waals surface area (Å²) in [6.45, 7) is 19.0. The third-order valence-corrected chi connectivity index (χ3v) is 3.68. The molecule has 0 atom stereocenters. The molecule has 0 heteroatoms. The third-order valence-electron chi connectivity index (χ3n) is 3.68. The molecule has 0 heterocycles. The summed E-state index contributed by atoms with van der Waals surface area (Å²) >= 11 is 0. The molecule has 0 aliphatic rings. The fraction of sp³-hybridized carbons (Fsp3) is 1.00. The van der Waals surface area contributed by atoms with Crippen molar-refractivity contribution in [1.82, 2.24) is 0 Å². The van der Waals surface area contributed by atoms with E-state index in [4.69, 9.17) is 0 Å². The highest BCUT2D eigenvalue weighted by Gasteiger charge is 2.38. The van der Waals surface area contributed by atoms with Crippen molar-refractivity contribution in [2.75, 3.05) is 0 Å². The van der Waals surface area contributed by atoms with E-state index in [1.165, 1.54) is 19.3 Å². The smallest absolute Gasteiger partial charge is 0.0298 e. The summed E-state index contributed by atoms with van der Waals surface area (Å²) in [7, 11) is 0. The second-order valence-corrected chi connectivity index (χ2v) is 7.26. The van der Waals surface area contributed by atoms with Crippen LogP contribution in [0.4, 0.5) is 0 Å². The van der Waals surface area contributed by atoms with Crippen LogP contribution in [0.2, 0.25) is 0 Å². The molecule has 14 heavy (non-hydrogen) atoms. The Balaban J connectivity index is 4.59. The van der Waals surface area contributed by atoms with Gasteiger partial charge in [0, 0.05) is 0 Å². The molecule has 0 unspecified atom stereocenters. The van der Waals surface area contributed by atoms with Gasteiger partial charge in [0.2, 0.25) is 0 Å². The predicted molar refractivity (Wildman–Crippen MR) is 66.5 cm³/mol. The minimum atomic E-state index is 0.432. The lowest BCUT2D eigenvalue weighted by atomic mass is 9.60. The molecule has 0 spiro atoms. The number of hydrogen-bond donors (Lipinski definition) is 0. The standard InChI is InChI=1S/C14H30/c1-9-10-13(5,6)14(7,8)11-12(2,3)4/h9-11H2,1-8H3. The van der Waals surface area contributed by atoms with E-state index >= 15 is 0 Å². The van der Waals surface area contributed by atoms with Gasteiger partial charge < -0.3 is 0 Å². The highest BCUT2D eigenvalue weighted by molar-refractivity contribution is 4.88. The topological polar surface area (TPSA) is 0 Å². The van der Waals surface area contributed by atoms with Gasteiger partial charge in [-0.25, -0.2) is 0 Å². The molecule has 0 saturated heterocycles. The summed E-state index contributed by atoms with van der Waals surface area (Å²) in [6.07, 6.45) is 3.92. The summed E-state index contributed by atoms with van der Waals surface area (Å²) in [4.78, 5) is 0. The van der Waals surface area contributed by atoms with E-state index < -0.39 is 0 Å². The molecule has 0 radical (unpaired) electrons. The van der Waals surface area contributed by atoms with E-state index in [1.807, 2.05) is 0 Å². The lowest BCUT2D eigenvalue weighted by molar-refractivity contribution is 0.0499. The number of rotatable bonds is 4. The van der Waals surface area contributed by atoms with Crippen LogP contribution in [-0.4, -0.2) is 0 Å². The molecule has 0 aromatic heterocycles. The van der Waals surface area contributed by atoms with E-state index in [-0.39, 0.29) is 0 Å². The fourth-order valence-corrected chi connectivity index (χ4v) is 2.53. The van der Waals surface area contributed by atoms with Crippen molar-refractivity contribution in [3.63, 3.8) is 0 Å². The fourth-order valence-electron chi connectivity index (χ4n) is 2.53. The Hall–Kier alpha value is 0. The van der Waals surface area contributed by atoms with Crippen LogP contribution in [0.3, 0.4) is 0 Å². The molecule has 0 aromatic carbocycles. The average Bonchev–Trinajstić information content (AvgIpc) is 1.79. The van der Waals surface area contributed by atoms with Crippen LogP contribution in [-0.2, 0) is 0 Å². The number of hydrogen-bond acceptors (Lipinski definition) is 0. The molecule has 86 valence electrons. The average molecular weight is 198 g/mol. The summed E-state index contributed by atoms with van der Waals surface area (Å²) < 4.78 is 0. The molecule has 0 N–H and O–H groups in total. The summed E-state index contributed by atoms with van der Waals surface area (Å²) in [6, 6.07) is 0. The van der Waals surface area contributed by atoms with Crippen LogP contribution >= 0.6 is 0 Å². The van der Waals surface area contributed by atoms with Crippen LogP contribution in [0.15, 0.2) is 0 Å². The van der Waals surface area contributed by atoms with Crippen molar-refractivity contribution in [2.24, 2.45) is 16.2 Å². The van der Waals surface area contributed by atoms with Gasteiger partial charge in [-0.1, -0.05) is 61.8 Å². The Bertz CT molecular complexity index is 167. The Morgan fingerprint density at radius 1 is 0.714 bits per heavy atom. The Morgan fingerprint density at radius 2 is 1.14 bits per heavy atom. The van der Waals surface area contributed by atoms with Crippen LogP contribution in [0.1, 0.15) is 74.7 Å². The normalized spacial score (nSPS) is 14.6. The first-order chi connectivity index (χ1) is 6.02. The minimum absolute atomic E-state index is 0.432. The maximum absolute atomic E-state index is 2.42. The van der Waals surface area contributed by atoms with Gasteiger partial charge in [0.15, 0.2) is 0 Å². The highest BCUT2D eigenvalue weighted by Crippen LogP contribution is 2.48. The van der Waals surface area contributed by atoms with E-state index in [1.54, 1.807) is 0 Å². The van der Waals surface area contributed by atoms with E-state index in [0.717, 1.165) is 0 Å². The molecule has 0 nitrogen and oxygen atoms in total. The molecule has 0 saturated carbocycles. The van der Waals surface area contributed by atoms with E-state index in [2.05, 4.69) is 55.4 Å². The van der Waals surface area contributed by atoms with Gasteiger partial charge in [0.05, 0.1) is 0 Å². The maximum atomic E-state index is 2.42. The molecule has 0 fully saturated rings. The van der Waals surface area contributed by atoms with Gasteiger partial charge in [-0.2, -0.15) is 0 Å². The quantitative estimate of drug-likeness (QED) is 0.577. The Labute approximate surface area is 91.5 Å². The van der Waals surface area contributed by atoms with Crippen LogP contribution in [0, 0.1) is 16.2 Å². The predicted octanol–water partition coefficient (Wildman–Crippen LogP) is 5.28. The summed E-state index contributed by atoms with van der Waals surface area (Å²) in [5.74, 6) is 0. The van der Waals surface area contributed by atoms with Gasteiger partial charge in [-0.05, 0) is 29.1 Å². The first-order valence-electron chi connectivity index (χ1n) is 6.02. The van der Waals surface area contributed by atoms with Gasteiger partial charge in [0.25, 0.3) is 0 Å². The zero-order valence-electron chi connectivity index (χ0n) is 11.6. The van der Waals surface area contributed by atoms with Crippen molar-refractivity contribution in [3.05, 3.63) is 0 Å². The molecular formula is C14H30. The van der Waals surface area contributed by atoms with E-state index in [0.29, 0.717) is 16.2 Å². The van der Waals surface area contributed by atoms with Crippen molar-refractivity contribution in [2.45, 2.75) is 74.7 Å². The zero-order valence-corrected chi connectivity index (χ0v) is 11.6. The Morgan fingerprint density at radius 3 is 1.43 bits per heavy atom. The molecule has 0 aliphatic carbocycles. The lowest BCUT2D eigenvalue weighted by Gasteiger charge is -2.45. The third kappa shape index (κ3) is 4.02. The van der Waals surface area contributed by atoms with Crippen molar-refractivity contribution in [3.8, 4) is 0 Å². The first-order valence-corrected chi connectivity index (χ1v) is 6.02. The molecule has 0 amide bonds. The lowest BCUT2D eigenvalue weighted by Crippen LogP contribution is -2.35. The second kappa shape index (κ2) is 4.24. The highest BCUT2D eigenvalue weighted by atomic mass is 14.4. The van der Waals surface area contributed by atoms with Crippen LogP contribution in [0.5, 0.6) is 0 Å². The van der Waals surface area contributed by atoms with Gasteiger partial charge >= 0.3 is 0 Å². The monoisotopic (exact) mass is 198 g/mol. The molecule has 0 rings (SSSR count). The molecule has 0 aliphatic heterocycles. The van der Waals surface area contributed by atoms with Crippen molar-refractivity contribution >= 4 is 0 Å².